The highest BCUT2D eigenvalue weighted by Crippen LogP contribution is 2.23. The number of unbranched alkanes of at least 4 members (excludes halogenated alkanes) is 1. The number of hydrogen-bond acceptors (Lipinski definition) is 4. The number of carbonyl (C=O) groups excluding carboxylic acids is 1. The van der Waals surface area contributed by atoms with Crippen molar-refractivity contribution < 1.29 is 9.90 Å². The summed E-state index contributed by atoms with van der Waals surface area (Å²) in [5.74, 6) is 0.131. The Balaban J connectivity index is 2.55. The fourth-order valence-corrected chi connectivity index (χ4v) is 3.58. The van der Waals surface area contributed by atoms with E-state index in [2.05, 4.69) is 22.9 Å². The van der Waals surface area contributed by atoms with E-state index >= 15 is 0 Å². The van der Waals surface area contributed by atoms with Gasteiger partial charge in [0.25, 0.3) is 0 Å². The topological polar surface area (TPSA) is 43.8 Å². The molecule has 0 unspecified atom stereocenters. The quantitative estimate of drug-likeness (QED) is 0.682. The molecule has 0 aliphatic rings. The Bertz CT molecular complexity index is 426. The minimum atomic E-state index is 0.0982. The van der Waals surface area contributed by atoms with Gasteiger partial charge in [-0.25, -0.2) is 0 Å². The first-order valence-corrected chi connectivity index (χ1v) is 9.06. The maximum Gasteiger partial charge on any atom is 0.237 e. The number of amides is 1. The van der Waals surface area contributed by atoms with Gasteiger partial charge < -0.3 is 10.0 Å². The van der Waals surface area contributed by atoms with Crippen LogP contribution in [0, 0.1) is 0 Å². The monoisotopic (exact) mass is 376 g/mol. The second-order valence-electron chi connectivity index (χ2n) is 4.97. The van der Waals surface area contributed by atoms with Crippen LogP contribution < -0.4 is 0 Å². The summed E-state index contributed by atoms with van der Waals surface area (Å²) in [5.41, 5.74) is 0. The SMILES string of the molecule is CCCCN(CCO)CC(=O)N(CC)Cc1ccc(Br)s1. The van der Waals surface area contributed by atoms with Crippen molar-refractivity contribution in [3.63, 3.8) is 0 Å². The fourth-order valence-electron chi connectivity index (χ4n) is 2.09. The van der Waals surface area contributed by atoms with E-state index in [1.807, 2.05) is 28.9 Å². The highest BCUT2D eigenvalue weighted by molar-refractivity contribution is 9.11. The predicted molar refractivity (Wildman–Crippen MR) is 91.5 cm³/mol. The van der Waals surface area contributed by atoms with Crippen LogP contribution >= 0.6 is 27.3 Å². The summed E-state index contributed by atoms with van der Waals surface area (Å²) >= 11 is 5.11. The van der Waals surface area contributed by atoms with Gasteiger partial charge in [0.2, 0.25) is 5.91 Å². The molecule has 0 bridgehead atoms. The molecule has 0 saturated carbocycles. The van der Waals surface area contributed by atoms with Gasteiger partial charge in [-0.1, -0.05) is 13.3 Å². The maximum absolute atomic E-state index is 12.4. The Kier molecular flexibility index (Phi) is 9.15. The molecule has 1 amide bonds. The first kappa shape index (κ1) is 18.6. The number of likely N-dealkylation sites (N-methyl/N-ethyl adjacent to an activating group) is 1. The molecule has 120 valence electrons. The van der Waals surface area contributed by atoms with Crippen LogP contribution in [0.25, 0.3) is 0 Å². The van der Waals surface area contributed by atoms with Gasteiger partial charge >= 0.3 is 0 Å². The summed E-state index contributed by atoms with van der Waals surface area (Å²) in [6.45, 7) is 7.41. The summed E-state index contributed by atoms with van der Waals surface area (Å²) in [7, 11) is 0. The van der Waals surface area contributed by atoms with E-state index in [1.165, 1.54) is 4.88 Å². The van der Waals surface area contributed by atoms with E-state index in [0.717, 1.165) is 23.2 Å². The largest absolute Gasteiger partial charge is 0.395 e. The van der Waals surface area contributed by atoms with Crippen molar-refractivity contribution in [3.05, 3.63) is 20.8 Å². The fraction of sp³-hybridized carbons (Fsp3) is 0.667. The van der Waals surface area contributed by atoms with E-state index in [-0.39, 0.29) is 12.5 Å². The van der Waals surface area contributed by atoms with Gasteiger partial charge in [0.05, 0.1) is 23.5 Å². The molecule has 0 fully saturated rings. The lowest BCUT2D eigenvalue weighted by atomic mass is 10.3. The number of halogens is 1. The molecule has 1 heterocycles. The van der Waals surface area contributed by atoms with Crippen LogP contribution in [0.5, 0.6) is 0 Å². The van der Waals surface area contributed by atoms with Gasteiger partial charge in [0, 0.05) is 18.0 Å². The van der Waals surface area contributed by atoms with Crippen LogP contribution in [0.15, 0.2) is 15.9 Å². The van der Waals surface area contributed by atoms with Crippen molar-refractivity contribution in [2.24, 2.45) is 0 Å². The van der Waals surface area contributed by atoms with Crippen LogP contribution in [0.3, 0.4) is 0 Å². The summed E-state index contributed by atoms with van der Waals surface area (Å²) < 4.78 is 1.09. The Morgan fingerprint density at radius 1 is 1.33 bits per heavy atom. The number of aliphatic hydroxyl groups is 1. The zero-order valence-electron chi connectivity index (χ0n) is 12.8. The molecule has 0 aliphatic heterocycles. The normalized spacial score (nSPS) is 11.1. The Morgan fingerprint density at radius 3 is 2.62 bits per heavy atom. The van der Waals surface area contributed by atoms with E-state index < -0.39 is 0 Å². The molecule has 1 N–H and O–H groups in total. The average Bonchev–Trinajstić information content (AvgIpc) is 2.87. The van der Waals surface area contributed by atoms with Crippen LogP contribution in [0.1, 0.15) is 31.6 Å². The van der Waals surface area contributed by atoms with Gasteiger partial charge in [-0.2, -0.15) is 0 Å². The summed E-state index contributed by atoms with van der Waals surface area (Å²) in [6, 6.07) is 4.06. The summed E-state index contributed by atoms with van der Waals surface area (Å²) in [5, 5.41) is 9.11. The second kappa shape index (κ2) is 10.3. The van der Waals surface area contributed by atoms with Gasteiger partial charge in [0.1, 0.15) is 0 Å². The Morgan fingerprint density at radius 2 is 2.10 bits per heavy atom. The third kappa shape index (κ3) is 6.91. The van der Waals surface area contributed by atoms with Gasteiger partial charge in [-0.3, -0.25) is 9.69 Å². The van der Waals surface area contributed by atoms with Crippen LogP contribution in [0.4, 0.5) is 0 Å². The number of rotatable bonds is 10. The first-order chi connectivity index (χ1) is 10.1. The molecule has 1 aromatic rings. The molecular weight excluding hydrogens is 352 g/mol. The molecule has 0 aromatic carbocycles. The zero-order chi connectivity index (χ0) is 15.7. The van der Waals surface area contributed by atoms with Crippen molar-refractivity contribution in [1.82, 2.24) is 9.80 Å². The standard InChI is InChI=1S/C15H25BrN2O2S/c1-3-5-8-17(9-10-19)12-15(20)18(4-2)11-13-6-7-14(16)21-13/h6-7,19H,3-5,8-12H2,1-2H3. The van der Waals surface area contributed by atoms with E-state index in [0.29, 0.717) is 26.2 Å². The lowest BCUT2D eigenvalue weighted by Gasteiger charge is -2.26. The minimum Gasteiger partial charge on any atom is -0.395 e. The third-order valence-corrected chi connectivity index (χ3v) is 4.92. The predicted octanol–water partition coefficient (Wildman–Crippen LogP) is 2.95. The summed E-state index contributed by atoms with van der Waals surface area (Å²) in [4.78, 5) is 17.5. The van der Waals surface area contributed by atoms with Crippen molar-refractivity contribution in [2.45, 2.75) is 33.2 Å². The van der Waals surface area contributed by atoms with Crippen molar-refractivity contribution >= 4 is 33.2 Å². The molecule has 0 radical (unpaired) electrons. The van der Waals surface area contributed by atoms with E-state index in [4.69, 9.17) is 5.11 Å². The summed E-state index contributed by atoms with van der Waals surface area (Å²) in [6.07, 6.45) is 2.15. The highest BCUT2D eigenvalue weighted by atomic mass is 79.9. The van der Waals surface area contributed by atoms with Crippen LogP contribution in [-0.4, -0.2) is 53.6 Å². The molecular formula is C15H25BrN2O2S. The van der Waals surface area contributed by atoms with Crippen LogP contribution in [-0.2, 0) is 11.3 Å². The average molecular weight is 377 g/mol. The van der Waals surface area contributed by atoms with Crippen LogP contribution in [0.2, 0.25) is 0 Å². The molecule has 21 heavy (non-hydrogen) atoms. The number of thiophene rings is 1. The highest BCUT2D eigenvalue weighted by Gasteiger charge is 2.16. The Hall–Kier alpha value is -0.430. The van der Waals surface area contributed by atoms with E-state index in [9.17, 15) is 4.79 Å². The van der Waals surface area contributed by atoms with Crippen molar-refractivity contribution in [3.8, 4) is 0 Å². The second-order valence-corrected chi connectivity index (χ2v) is 7.51. The first-order valence-electron chi connectivity index (χ1n) is 7.45. The smallest absolute Gasteiger partial charge is 0.237 e. The molecule has 1 rings (SSSR count). The number of hydrogen-bond donors (Lipinski definition) is 1. The van der Waals surface area contributed by atoms with Crippen molar-refractivity contribution in [1.29, 1.82) is 0 Å². The molecule has 0 aliphatic carbocycles. The number of carbonyl (C=O) groups is 1. The van der Waals surface area contributed by atoms with E-state index in [1.54, 1.807) is 11.3 Å². The lowest BCUT2D eigenvalue weighted by molar-refractivity contribution is -0.132. The number of nitrogens with zero attached hydrogens (tertiary/aromatic N) is 2. The molecule has 0 atom stereocenters. The maximum atomic E-state index is 12.4. The Labute approximate surface area is 139 Å². The van der Waals surface area contributed by atoms with Gasteiger partial charge in [0.15, 0.2) is 0 Å². The molecule has 6 heteroatoms. The molecule has 4 nitrogen and oxygen atoms in total. The van der Waals surface area contributed by atoms with Gasteiger partial charge in [-0.05, 0) is 48.0 Å². The minimum absolute atomic E-state index is 0.0982. The number of aliphatic hydroxyl groups excluding tert-OH is 1. The zero-order valence-corrected chi connectivity index (χ0v) is 15.3. The molecule has 1 aromatic heterocycles. The molecule has 0 saturated heterocycles. The van der Waals surface area contributed by atoms with Gasteiger partial charge in [-0.15, -0.1) is 11.3 Å². The molecule has 0 spiro atoms. The third-order valence-electron chi connectivity index (χ3n) is 3.31. The van der Waals surface area contributed by atoms with Crippen molar-refractivity contribution in [2.75, 3.05) is 32.8 Å². The lowest BCUT2D eigenvalue weighted by Crippen LogP contribution is -2.41.